The van der Waals surface area contributed by atoms with Crippen LogP contribution in [0.15, 0.2) is 29.0 Å². The van der Waals surface area contributed by atoms with Gasteiger partial charge in [-0.3, -0.25) is 4.68 Å². The molecule has 1 unspecified atom stereocenters. The zero-order chi connectivity index (χ0) is 15.4. The first kappa shape index (κ1) is 16.1. The van der Waals surface area contributed by atoms with Crippen LogP contribution in [0.2, 0.25) is 0 Å². The van der Waals surface area contributed by atoms with Crippen LogP contribution in [0.1, 0.15) is 31.0 Å². The molecule has 6 heteroatoms. The van der Waals surface area contributed by atoms with Crippen molar-refractivity contribution in [2.45, 2.75) is 32.9 Å². The Kier molecular flexibility index (Phi) is 5.47. The lowest BCUT2D eigenvalue weighted by Gasteiger charge is -2.19. The molecule has 1 heterocycles. The summed E-state index contributed by atoms with van der Waals surface area (Å²) in [6.07, 6.45) is 4.13. The van der Waals surface area contributed by atoms with E-state index in [4.69, 9.17) is 0 Å². The van der Waals surface area contributed by atoms with Crippen molar-refractivity contribution in [2.75, 3.05) is 6.54 Å². The summed E-state index contributed by atoms with van der Waals surface area (Å²) < 4.78 is 30.5. The number of hydrogen-bond donors (Lipinski definition) is 1. The van der Waals surface area contributed by atoms with E-state index < -0.39 is 17.7 Å². The number of hydrogen-bond acceptors (Lipinski definition) is 2. The van der Waals surface area contributed by atoms with Crippen molar-refractivity contribution in [3.8, 4) is 0 Å². The first-order valence-corrected chi connectivity index (χ1v) is 7.73. The predicted octanol–water partition coefficient (Wildman–Crippen LogP) is 3.84. The van der Waals surface area contributed by atoms with Crippen molar-refractivity contribution in [2.24, 2.45) is 0 Å². The Hall–Kier alpha value is -1.27. The molecule has 0 amide bonds. The van der Waals surface area contributed by atoms with Crippen LogP contribution in [0, 0.1) is 11.6 Å². The Balaban J connectivity index is 2.30. The summed E-state index contributed by atoms with van der Waals surface area (Å²) in [7, 11) is 0. The fraction of sp³-hybridized carbons (Fsp3) is 0.400. The predicted molar refractivity (Wildman–Crippen MR) is 82.1 cm³/mol. The van der Waals surface area contributed by atoms with Crippen LogP contribution in [0.5, 0.6) is 0 Å². The van der Waals surface area contributed by atoms with Crippen molar-refractivity contribution in [1.82, 2.24) is 15.1 Å². The Morgan fingerprint density at radius 1 is 1.29 bits per heavy atom. The number of aromatic nitrogens is 2. The minimum atomic E-state index is -0.546. The van der Waals surface area contributed by atoms with Crippen LogP contribution in [0.25, 0.3) is 0 Å². The molecule has 2 aromatic rings. The number of aryl methyl sites for hydroxylation is 1. The molecule has 114 valence electrons. The molecule has 0 aliphatic carbocycles. The normalized spacial score (nSPS) is 12.6. The van der Waals surface area contributed by atoms with Gasteiger partial charge in [0.25, 0.3) is 0 Å². The van der Waals surface area contributed by atoms with Crippen LogP contribution in [0.3, 0.4) is 0 Å². The van der Waals surface area contributed by atoms with Gasteiger partial charge in [-0.25, -0.2) is 8.78 Å². The lowest BCUT2D eigenvalue weighted by molar-refractivity contribution is 0.472. The number of rotatable bonds is 6. The van der Waals surface area contributed by atoms with Crippen molar-refractivity contribution < 1.29 is 8.78 Å². The molecule has 0 aliphatic rings. The molecule has 0 fully saturated rings. The van der Waals surface area contributed by atoms with Crippen LogP contribution >= 0.6 is 15.9 Å². The minimum Gasteiger partial charge on any atom is -0.310 e. The molecule has 1 aromatic carbocycles. The fourth-order valence-corrected chi connectivity index (χ4v) is 2.73. The molecule has 0 saturated heterocycles. The summed E-state index contributed by atoms with van der Waals surface area (Å²) in [6, 6.07) is 2.16. The van der Waals surface area contributed by atoms with Gasteiger partial charge >= 0.3 is 0 Å². The SMILES string of the molecule is CCNC(Cc1cnn(CC)c1)c1c(F)cc(Br)cc1F. The van der Waals surface area contributed by atoms with E-state index in [-0.39, 0.29) is 5.56 Å². The third-order valence-electron chi connectivity index (χ3n) is 3.29. The summed E-state index contributed by atoms with van der Waals surface area (Å²) in [5.41, 5.74) is 1.02. The number of likely N-dealkylation sites (N-methyl/N-ethyl adjacent to an activating group) is 1. The smallest absolute Gasteiger partial charge is 0.132 e. The molecule has 0 radical (unpaired) electrons. The molecule has 0 aliphatic heterocycles. The zero-order valence-electron chi connectivity index (χ0n) is 12.0. The molecule has 21 heavy (non-hydrogen) atoms. The van der Waals surface area contributed by atoms with Gasteiger partial charge in [0, 0.05) is 28.8 Å². The van der Waals surface area contributed by atoms with Gasteiger partial charge < -0.3 is 5.32 Å². The molecule has 1 N–H and O–H groups in total. The molecule has 0 spiro atoms. The van der Waals surface area contributed by atoms with Crippen LogP contribution in [-0.4, -0.2) is 16.3 Å². The second-order valence-corrected chi connectivity index (χ2v) is 5.72. The maximum absolute atomic E-state index is 14.1. The second-order valence-electron chi connectivity index (χ2n) is 4.80. The standard InChI is InChI=1S/C15H18BrF2N3/c1-3-19-14(5-10-8-20-21(4-2)9-10)15-12(17)6-11(16)7-13(15)18/h6-9,14,19H,3-5H2,1-2H3. The second kappa shape index (κ2) is 7.13. The third-order valence-corrected chi connectivity index (χ3v) is 3.75. The first-order chi connectivity index (χ1) is 10.0. The highest BCUT2D eigenvalue weighted by molar-refractivity contribution is 9.10. The van der Waals surface area contributed by atoms with Crippen LogP contribution in [-0.2, 0) is 13.0 Å². The van der Waals surface area contributed by atoms with E-state index in [0.29, 0.717) is 17.4 Å². The topological polar surface area (TPSA) is 29.9 Å². The minimum absolute atomic E-state index is 0.0734. The van der Waals surface area contributed by atoms with Gasteiger partial charge in [-0.05, 0) is 37.6 Å². The number of nitrogens with one attached hydrogen (secondary N) is 1. The van der Waals surface area contributed by atoms with E-state index in [2.05, 4.69) is 26.3 Å². The van der Waals surface area contributed by atoms with Crippen LogP contribution < -0.4 is 5.32 Å². The van der Waals surface area contributed by atoms with Gasteiger partial charge in [0.15, 0.2) is 0 Å². The Morgan fingerprint density at radius 3 is 2.48 bits per heavy atom. The summed E-state index contributed by atoms with van der Waals surface area (Å²) in [5.74, 6) is -1.09. The van der Waals surface area contributed by atoms with E-state index in [0.717, 1.165) is 12.1 Å². The van der Waals surface area contributed by atoms with Gasteiger partial charge in [-0.2, -0.15) is 5.10 Å². The molecular formula is C15H18BrF2N3. The van der Waals surface area contributed by atoms with E-state index in [1.165, 1.54) is 12.1 Å². The van der Waals surface area contributed by atoms with Gasteiger partial charge in [0.2, 0.25) is 0 Å². The lowest BCUT2D eigenvalue weighted by Crippen LogP contribution is -2.25. The Bertz CT molecular complexity index is 590. The lowest BCUT2D eigenvalue weighted by atomic mass is 9.99. The Morgan fingerprint density at radius 2 is 1.95 bits per heavy atom. The molecule has 3 nitrogen and oxygen atoms in total. The van der Waals surface area contributed by atoms with E-state index in [9.17, 15) is 8.78 Å². The van der Waals surface area contributed by atoms with E-state index >= 15 is 0 Å². The van der Waals surface area contributed by atoms with Crippen molar-refractivity contribution in [1.29, 1.82) is 0 Å². The van der Waals surface area contributed by atoms with Gasteiger partial charge in [0.1, 0.15) is 11.6 Å². The summed E-state index contributed by atoms with van der Waals surface area (Å²) >= 11 is 3.10. The highest BCUT2D eigenvalue weighted by atomic mass is 79.9. The number of nitrogens with zero attached hydrogens (tertiary/aromatic N) is 2. The monoisotopic (exact) mass is 357 g/mol. The van der Waals surface area contributed by atoms with Gasteiger partial charge in [0.05, 0.1) is 6.20 Å². The molecular weight excluding hydrogens is 340 g/mol. The molecule has 1 aromatic heterocycles. The summed E-state index contributed by atoms with van der Waals surface area (Å²) in [6.45, 7) is 5.30. The zero-order valence-corrected chi connectivity index (χ0v) is 13.6. The van der Waals surface area contributed by atoms with Crippen molar-refractivity contribution >= 4 is 15.9 Å². The molecule has 1 atom stereocenters. The number of halogens is 3. The van der Waals surface area contributed by atoms with Gasteiger partial charge in [-0.1, -0.05) is 22.9 Å². The average molecular weight is 358 g/mol. The third kappa shape index (κ3) is 3.89. The quantitative estimate of drug-likeness (QED) is 0.851. The Labute approximate surface area is 131 Å². The van der Waals surface area contributed by atoms with Gasteiger partial charge in [-0.15, -0.1) is 0 Å². The van der Waals surface area contributed by atoms with Crippen molar-refractivity contribution in [3.63, 3.8) is 0 Å². The maximum Gasteiger partial charge on any atom is 0.132 e. The fourth-order valence-electron chi connectivity index (χ4n) is 2.33. The van der Waals surface area contributed by atoms with Crippen LogP contribution in [0.4, 0.5) is 8.78 Å². The van der Waals surface area contributed by atoms with E-state index in [1.54, 1.807) is 10.9 Å². The highest BCUT2D eigenvalue weighted by Crippen LogP contribution is 2.27. The highest BCUT2D eigenvalue weighted by Gasteiger charge is 2.21. The van der Waals surface area contributed by atoms with E-state index in [1.807, 2.05) is 20.0 Å². The molecule has 2 rings (SSSR count). The van der Waals surface area contributed by atoms with Crippen molar-refractivity contribution in [3.05, 3.63) is 51.8 Å². The summed E-state index contributed by atoms with van der Waals surface area (Å²) in [4.78, 5) is 0. The molecule has 0 saturated carbocycles. The summed E-state index contributed by atoms with van der Waals surface area (Å²) in [5, 5.41) is 7.34. The maximum atomic E-state index is 14.1. The molecule has 0 bridgehead atoms. The first-order valence-electron chi connectivity index (χ1n) is 6.94. The average Bonchev–Trinajstić information content (AvgIpc) is 2.85. The number of benzene rings is 1. The largest absolute Gasteiger partial charge is 0.310 e.